The largest absolute Gasteiger partial charge is 0.476 e. The summed E-state index contributed by atoms with van der Waals surface area (Å²) in [5, 5.41) is 21.0. The van der Waals surface area contributed by atoms with Gasteiger partial charge in [0.15, 0.2) is 5.69 Å². The number of anilines is 1. The van der Waals surface area contributed by atoms with Gasteiger partial charge in [-0.3, -0.25) is 0 Å². The third-order valence-electron chi connectivity index (χ3n) is 3.66. The molecule has 6 nitrogen and oxygen atoms in total. The van der Waals surface area contributed by atoms with E-state index < -0.39 is 5.97 Å². The quantitative estimate of drug-likeness (QED) is 0.878. The number of hydrogen-bond donors (Lipinski definition) is 2. The van der Waals surface area contributed by atoms with Crippen molar-refractivity contribution in [3.05, 3.63) is 30.0 Å². The van der Waals surface area contributed by atoms with E-state index in [4.69, 9.17) is 4.74 Å². The molecule has 1 atom stereocenters. The van der Waals surface area contributed by atoms with E-state index in [1.165, 1.54) is 0 Å². The van der Waals surface area contributed by atoms with Gasteiger partial charge in [0.25, 0.3) is 0 Å². The number of nitrogens with one attached hydrogen (secondary N) is 1. The van der Waals surface area contributed by atoms with Crippen LogP contribution in [0.3, 0.4) is 0 Å². The molecule has 2 heterocycles. The molecule has 1 aliphatic heterocycles. The second kappa shape index (κ2) is 6.05. The average Bonchev–Trinajstić information content (AvgIpc) is 3.00. The van der Waals surface area contributed by atoms with Gasteiger partial charge in [-0.1, -0.05) is 18.2 Å². The van der Waals surface area contributed by atoms with Gasteiger partial charge in [-0.25, -0.2) is 4.79 Å². The normalized spacial score (nSPS) is 18.0. The smallest absolute Gasteiger partial charge is 0.358 e. The van der Waals surface area contributed by atoms with E-state index in [-0.39, 0.29) is 11.8 Å². The molecule has 0 saturated carbocycles. The van der Waals surface area contributed by atoms with E-state index >= 15 is 0 Å². The fourth-order valence-corrected chi connectivity index (χ4v) is 2.61. The molecule has 0 aliphatic carbocycles. The van der Waals surface area contributed by atoms with Gasteiger partial charge in [-0.2, -0.15) is 0 Å². The molecule has 0 bridgehead atoms. The van der Waals surface area contributed by atoms with Crippen molar-refractivity contribution in [1.29, 1.82) is 0 Å². The van der Waals surface area contributed by atoms with Crippen LogP contribution in [0.2, 0.25) is 0 Å². The highest BCUT2D eigenvalue weighted by Gasteiger charge is 2.18. The van der Waals surface area contributed by atoms with Crippen LogP contribution < -0.4 is 5.32 Å². The zero-order valence-electron chi connectivity index (χ0n) is 11.6. The van der Waals surface area contributed by atoms with Crippen LogP contribution in [0.25, 0.3) is 10.9 Å². The number of hydrogen-bond acceptors (Lipinski definition) is 5. The third kappa shape index (κ3) is 2.95. The number of carbonyl (C=O) groups is 1. The van der Waals surface area contributed by atoms with Crippen molar-refractivity contribution in [3.63, 3.8) is 0 Å². The number of ether oxygens (including phenoxy) is 1. The van der Waals surface area contributed by atoms with Gasteiger partial charge >= 0.3 is 5.97 Å². The number of nitrogens with zero attached hydrogens (tertiary/aromatic N) is 2. The lowest BCUT2D eigenvalue weighted by Gasteiger charge is -2.13. The van der Waals surface area contributed by atoms with E-state index in [1.807, 2.05) is 24.3 Å². The second-order valence-electron chi connectivity index (χ2n) is 5.10. The zero-order chi connectivity index (χ0) is 14.7. The van der Waals surface area contributed by atoms with Crippen LogP contribution in [-0.4, -0.2) is 40.5 Å². The maximum Gasteiger partial charge on any atom is 0.358 e. The SMILES string of the molecule is O=C(O)c1nnc2ccccc2c1NCCC1CCCO1. The summed E-state index contributed by atoms with van der Waals surface area (Å²) in [6.45, 7) is 1.48. The summed E-state index contributed by atoms with van der Waals surface area (Å²) in [5.74, 6) is -1.08. The van der Waals surface area contributed by atoms with E-state index in [9.17, 15) is 9.90 Å². The molecule has 0 amide bonds. The van der Waals surface area contributed by atoms with Gasteiger partial charge in [-0.05, 0) is 25.3 Å². The van der Waals surface area contributed by atoms with Crippen molar-refractivity contribution in [1.82, 2.24) is 10.2 Å². The summed E-state index contributed by atoms with van der Waals surface area (Å²) in [5.41, 5.74) is 1.18. The van der Waals surface area contributed by atoms with Crippen molar-refractivity contribution in [2.75, 3.05) is 18.5 Å². The number of benzene rings is 1. The lowest BCUT2D eigenvalue weighted by Crippen LogP contribution is -2.15. The Balaban J connectivity index is 1.83. The van der Waals surface area contributed by atoms with Crippen LogP contribution in [0, 0.1) is 0 Å². The molecule has 1 aliphatic rings. The highest BCUT2D eigenvalue weighted by Crippen LogP contribution is 2.25. The van der Waals surface area contributed by atoms with E-state index in [2.05, 4.69) is 15.5 Å². The molecule has 1 fully saturated rings. The molecule has 0 radical (unpaired) electrons. The number of aromatic nitrogens is 2. The Morgan fingerprint density at radius 3 is 3.00 bits per heavy atom. The molecule has 1 saturated heterocycles. The Morgan fingerprint density at radius 2 is 2.24 bits per heavy atom. The molecule has 6 heteroatoms. The number of carboxylic acid groups (broad SMARTS) is 1. The second-order valence-corrected chi connectivity index (χ2v) is 5.10. The summed E-state index contributed by atoms with van der Waals surface area (Å²) >= 11 is 0. The molecule has 2 N–H and O–H groups in total. The minimum Gasteiger partial charge on any atom is -0.476 e. The maximum absolute atomic E-state index is 11.3. The van der Waals surface area contributed by atoms with Crippen LogP contribution in [-0.2, 0) is 4.74 Å². The van der Waals surface area contributed by atoms with Crippen LogP contribution in [0.5, 0.6) is 0 Å². The van der Waals surface area contributed by atoms with Crippen LogP contribution >= 0.6 is 0 Å². The summed E-state index contributed by atoms with van der Waals surface area (Å²) in [7, 11) is 0. The van der Waals surface area contributed by atoms with Gasteiger partial charge in [0.1, 0.15) is 0 Å². The lowest BCUT2D eigenvalue weighted by atomic mass is 10.1. The minimum atomic E-state index is -1.08. The Labute approximate surface area is 122 Å². The predicted octanol–water partition coefficient (Wildman–Crippen LogP) is 2.31. The topological polar surface area (TPSA) is 84.3 Å². The molecule has 110 valence electrons. The Hall–Kier alpha value is -2.21. The zero-order valence-corrected chi connectivity index (χ0v) is 11.6. The summed E-state index contributed by atoms with van der Waals surface area (Å²) < 4.78 is 5.57. The summed E-state index contributed by atoms with van der Waals surface area (Å²) in [4.78, 5) is 11.3. The molecule has 3 rings (SSSR count). The first kappa shape index (κ1) is 13.8. The highest BCUT2D eigenvalue weighted by atomic mass is 16.5. The van der Waals surface area contributed by atoms with Crippen molar-refractivity contribution in [3.8, 4) is 0 Å². The van der Waals surface area contributed by atoms with Crippen molar-refractivity contribution in [2.24, 2.45) is 0 Å². The molecular weight excluding hydrogens is 270 g/mol. The molecular formula is C15H17N3O3. The number of fused-ring (bicyclic) bond motifs is 1. The lowest BCUT2D eigenvalue weighted by molar-refractivity contribution is 0.0690. The Bertz CT molecular complexity index is 654. The van der Waals surface area contributed by atoms with Gasteiger partial charge in [0.05, 0.1) is 17.3 Å². The number of carboxylic acids is 1. The molecule has 1 unspecified atom stereocenters. The fraction of sp³-hybridized carbons (Fsp3) is 0.400. The molecule has 1 aromatic carbocycles. The minimum absolute atomic E-state index is 0.0407. The third-order valence-corrected chi connectivity index (χ3v) is 3.66. The first-order chi connectivity index (χ1) is 10.3. The fourth-order valence-electron chi connectivity index (χ4n) is 2.61. The summed E-state index contributed by atoms with van der Waals surface area (Å²) in [6, 6.07) is 7.39. The van der Waals surface area contributed by atoms with Crippen LogP contribution in [0.15, 0.2) is 24.3 Å². The Morgan fingerprint density at radius 1 is 1.38 bits per heavy atom. The van der Waals surface area contributed by atoms with E-state index in [0.717, 1.165) is 31.3 Å². The first-order valence-corrected chi connectivity index (χ1v) is 7.10. The van der Waals surface area contributed by atoms with Crippen molar-refractivity contribution >= 4 is 22.6 Å². The molecule has 21 heavy (non-hydrogen) atoms. The highest BCUT2D eigenvalue weighted by molar-refractivity contribution is 6.02. The number of rotatable bonds is 5. The number of aromatic carboxylic acids is 1. The van der Waals surface area contributed by atoms with Crippen LogP contribution in [0.1, 0.15) is 29.8 Å². The van der Waals surface area contributed by atoms with E-state index in [0.29, 0.717) is 17.7 Å². The first-order valence-electron chi connectivity index (χ1n) is 7.10. The van der Waals surface area contributed by atoms with Crippen LogP contribution in [0.4, 0.5) is 5.69 Å². The maximum atomic E-state index is 11.3. The standard InChI is InChI=1S/C15H17N3O3/c19-15(20)14-13(16-8-7-10-4-3-9-21-10)11-5-1-2-6-12(11)17-18-14/h1-2,5-6,10H,3-4,7-9H2,(H,16,17)(H,19,20). The van der Waals surface area contributed by atoms with Gasteiger partial charge in [0.2, 0.25) is 0 Å². The van der Waals surface area contributed by atoms with E-state index in [1.54, 1.807) is 0 Å². The molecule has 2 aromatic rings. The Kier molecular flexibility index (Phi) is 3.96. The predicted molar refractivity (Wildman–Crippen MR) is 78.6 cm³/mol. The van der Waals surface area contributed by atoms with Crippen molar-refractivity contribution in [2.45, 2.75) is 25.4 Å². The average molecular weight is 287 g/mol. The van der Waals surface area contributed by atoms with Crippen molar-refractivity contribution < 1.29 is 14.6 Å². The summed E-state index contributed by atoms with van der Waals surface area (Å²) in [6.07, 6.45) is 3.30. The van der Waals surface area contributed by atoms with Gasteiger partial charge < -0.3 is 15.2 Å². The van der Waals surface area contributed by atoms with Gasteiger partial charge in [0, 0.05) is 18.5 Å². The molecule has 0 spiro atoms. The molecule has 1 aromatic heterocycles. The van der Waals surface area contributed by atoms with Gasteiger partial charge in [-0.15, -0.1) is 10.2 Å². The monoisotopic (exact) mass is 287 g/mol.